The molecule has 4 rings (SSSR count). The normalized spacial score (nSPS) is 15.6. The molecule has 7 nitrogen and oxygen atoms in total. The molecule has 0 spiro atoms. The van der Waals surface area contributed by atoms with Crippen molar-refractivity contribution in [2.24, 2.45) is 5.10 Å². The van der Waals surface area contributed by atoms with E-state index in [1.165, 1.54) is 13.3 Å². The minimum absolute atomic E-state index is 0.00845. The molecule has 8 heteroatoms. The SMILES string of the molecule is CNc1ncc(C(=O)OC)c(N2CC(c3ccccc3)C(c3ccc(Cl)cc3)=N2)n1. The Labute approximate surface area is 179 Å². The quantitative estimate of drug-likeness (QED) is 0.628. The van der Waals surface area contributed by atoms with Crippen LogP contribution in [0.3, 0.4) is 0 Å². The van der Waals surface area contributed by atoms with Gasteiger partial charge in [0.15, 0.2) is 5.82 Å². The summed E-state index contributed by atoms with van der Waals surface area (Å²) >= 11 is 6.08. The lowest BCUT2D eigenvalue weighted by Gasteiger charge is -2.18. The molecule has 30 heavy (non-hydrogen) atoms. The first-order valence-electron chi connectivity index (χ1n) is 9.40. The van der Waals surface area contributed by atoms with Crippen molar-refractivity contribution in [2.45, 2.75) is 5.92 Å². The van der Waals surface area contributed by atoms with E-state index in [2.05, 4.69) is 27.4 Å². The van der Waals surface area contributed by atoms with Crippen molar-refractivity contribution in [1.82, 2.24) is 9.97 Å². The Morgan fingerprint density at radius 3 is 2.57 bits per heavy atom. The minimum atomic E-state index is -0.515. The third-order valence-corrected chi connectivity index (χ3v) is 5.15. The number of carbonyl (C=O) groups excluding carboxylic acids is 1. The lowest BCUT2D eigenvalue weighted by atomic mass is 9.91. The number of anilines is 2. The van der Waals surface area contributed by atoms with E-state index in [1.54, 1.807) is 12.1 Å². The number of esters is 1. The maximum Gasteiger partial charge on any atom is 0.343 e. The summed E-state index contributed by atoms with van der Waals surface area (Å²) in [4.78, 5) is 21.0. The number of nitrogens with one attached hydrogen (secondary N) is 1. The van der Waals surface area contributed by atoms with Gasteiger partial charge in [-0.25, -0.2) is 14.8 Å². The van der Waals surface area contributed by atoms with Crippen LogP contribution in [0.15, 0.2) is 65.9 Å². The van der Waals surface area contributed by atoms with Crippen molar-refractivity contribution in [1.29, 1.82) is 0 Å². The van der Waals surface area contributed by atoms with Gasteiger partial charge in [-0.2, -0.15) is 10.1 Å². The van der Waals surface area contributed by atoms with E-state index in [9.17, 15) is 4.79 Å². The van der Waals surface area contributed by atoms with Gasteiger partial charge in [-0.15, -0.1) is 0 Å². The smallest absolute Gasteiger partial charge is 0.343 e. The number of benzene rings is 2. The fourth-order valence-electron chi connectivity index (χ4n) is 3.41. The van der Waals surface area contributed by atoms with Gasteiger partial charge in [0.1, 0.15) is 5.56 Å². The standard InChI is InChI=1S/C22H20ClN5O2/c1-24-22-25-12-17(21(29)30-2)20(26-22)28-13-18(14-6-4-3-5-7-14)19(27-28)15-8-10-16(23)11-9-15/h3-12,18H,13H2,1-2H3,(H,24,25,26). The van der Waals surface area contributed by atoms with Crippen molar-refractivity contribution >= 4 is 35.0 Å². The first-order valence-corrected chi connectivity index (χ1v) is 9.78. The second kappa shape index (κ2) is 8.51. The van der Waals surface area contributed by atoms with Crippen LogP contribution < -0.4 is 10.3 Å². The molecule has 0 fully saturated rings. The molecule has 152 valence electrons. The molecule has 2 aromatic carbocycles. The van der Waals surface area contributed by atoms with Crippen LogP contribution in [0.2, 0.25) is 5.02 Å². The highest BCUT2D eigenvalue weighted by Crippen LogP contribution is 2.33. The number of ether oxygens (including phenoxy) is 1. The lowest BCUT2D eigenvalue weighted by molar-refractivity contribution is 0.0600. The molecule has 0 amide bonds. The Hall–Kier alpha value is -3.45. The van der Waals surface area contributed by atoms with Gasteiger partial charge in [0.25, 0.3) is 0 Å². The molecule has 0 radical (unpaired) electrons. The number of halogens is 1. The second-order valence-electron chi connectivity index (χ2n) is 6.71. The van der Waals surface area contributed by atoms with Crippen LogP contribution in [0.5, 0.6) is 0 Å². The Morgan fingerprint density at radius 1 is 1.17 bits per heavy atom. The van der Waals surface area contributed by atoms with Crippen molar-refractivity contribution < 1.29 is 9.53 Å². The first-order chi connectivity index (χ1) is 14.6. The molecular weight excluding hydrogens is 402 g/mol. The number of methoxy groups -OCH3 is 1. The van der Waals surface area contributed by atoms with Gasteiger partial charge in [-0.3, -0.25) is 0 Å². The second-order valence-corrected chi connectivity index (χ2v) is 7.15. The fourth-order valence-corrected chi connectivity index (χ4v) is 3.53. The number of carbonyl (C=O) groups is 1. The van der Waals surface area contributed by atoms with Gasteiger partial charge in [-0.05, 0) is 23.3 Å². The Morgan fingerprint density at radius 2 is 1.90 bits per heavy atom. The molecule has 2 heterocycles. The summed E-state index contributed by atoms with van der Waals surface area (Å²) in [6.07, 6.45) is 1.45. The Balaban J connectivity index is 1.82. The zero-order valence-corrected chi connectivity index (χ0v) is 17.3. The molecule has 0 saturated heterocycles. The molecular formula is C22H20ClN5O2. The molecule has 1 atom stereocenters. The molecule has 1 N–H and O–H groups in total. The number of nitrogens with zero attached hydrogens (tertiary/aromatic N) is 4. The summed E-state index contributed by atoms with van der Waals surface area (Å²) in [7, 11) is 3.05. The maximum atomic E-state index is 12.3. The fraction of sp³-hybridized carbons (Fsp3) is 0.182. The van der Waals surface area contributed by atoms with Gasteiger partial charge in [0.2, 0.25) is 5.95 Å². The summed E-state index contributed by atoms with van der Waals surface area (Å²) in [5.41, 5.74) is 3.21. The van der Waals surface area contributed by atoms with E-state index < -0.39 is 5.97 Å². The lowest BCUT2D eigenvalue weighted by Crippen LogP contribution is -2.22. The summed E-state index contributed by atoms with van der Waals surface area (Å²) in [5.74, 6) is 0.264. The van der Waals surface area contributed by atoms with E-state index >= 15 is 0 Å². The first kappa shape index (κ1) is 19.8. The molecule has 3 aromatic rings. The molecule has 1 aromatic heterocycles. The Kier molecular flexibility index (Phi) is 5.63. The summed E-state index contributed by atoms with van der Waals surface area (Å²) < 4.78 is 4.92. The number of rotatable bonds is 5. The summed E-state index contributed by atoms with van der Waals surface area (Å²) in [5, 5.41) is 10.1. The van der Waals surface area contributed by atoms with Gasteiger partial charge >= 0.3 is 5.97 Å². The maximum absolute atomic E-state index is 12.3. The van der Waals surface area contributed by atoms with Gasteiger partial charge in [0, 0.05) is 24.2 Å². The third-order valence-electron chi connectivity index (χ3n) is 4.90. The van der Waals surface area contributed by atoms with E-state index in [4.69, 9.17) is 21.4 Å². The predicted molar refractivity (Wildman–Crippen MR) is 117 cm³/mol. The molecule has 1 aliphatic heterocycles. The van der Waals surface area contributed by atoms with Crippen LogP contribution in [0.25, 0.3) is 0 Å². The molecule has 1 aliphatic rings. The van der Waals surface area contributed by atoms with Crippen molar-refractivity contribution in [3.8, 4) is 0 Å². The molecule has 1 unspecified atom stereocenters. The van der Waals surface area contributed by atoms with Gasteiger partial charge < -0.3 is 10.1 Å². The van der Waals surface area contributed by atoms with Crippen LogP contribution in [-0.2, 0) is 4.74 Å². The zero-order chi connectivity index (χ0) is 21.1. The predicted octanol–water partition coefficient (Wildman–Crippen LogP) is 3.97. The van der Waals surface area contributed by atoms with Crippen molar-refractivity contribution in [3.05, 3.63) is 82.5 Å². The van der Waals surface area contributed by atoms with Crippen LogP contribution in [0.4, 0.5) is 11.8 Å². The van der Waals surface area contributed by atoms with Crippen LogP contribution in [-0.4, -0.2) is 42.4 Å². The van der Waals surface area contributed by atoms with Crippen LogP contribution >= 0.6 is 11.6 Å². The van der Waals surface area contributed by atoms with E-state index in [-0.39, 0.29) is 11.5 Å². The largest absolute Gasteiger partial charge is 0.465 e. The van der Waals surface area contributed by atoms with Crippen LogP contribution in [0, 0.1) is 0 Å². The highest BCUT2D eigenvalue weighted by Gasteiger charge is 2.33. The molecule has 0 aliphatic carbocycles. The van der Waals surface area contributed by atoms with Gasteiger partial charge in [0.05, 0.1) is 19.4 Å². The highest BCUT2D eigenvalue weighted by atomic mass is 35.5. The highest BCUT2D eigenvalue weighted by molar-refractivity contribution is 6.30. The van der Waals surface area contributed by atoms with E-state index in [0.29, 0.717) is 23.3 Å². The average molecular weight is 422 g/mol. The van der Waals surface area contributed by atoms with Crippen LogP contribution in [0.1, 0.15) is 27.4 Å². The van der Waals surface area contributed by atoms with Gasteiger partial charge in [-0.1, -0.05) is 54.1 Å². The monoisotopic (exact) mass is 421 g/mol. The zero-order valence-electron chi connectivity index (χ0n) is 16.5. The molecule has 0 bridgehead atoms. The summed E-state index contributed by atoms with van der Waals surface area (Å²) in [6.45, 7) is 0.520. The Bertz CT molecular complexity index is 1090. The topological polar surface area (TPSA) is 79.7 Å². The number of hydrogen-bond donors (Lipinski definition) is 1. The average Bonchev–Trinajstić information content (AvgIpc) is 3.24. The summed E-state index contributed by atoms with van der Waals surface area (Å²) in [6, 6.07) is 17.7. The van der Waals surface area contributed by atoms with E-state index in [0.717, 1.165) is 16.8 Å². The number of hydrogen-bond acceptors (Lipinski definition) is 7. The minimum Gasteiger partial charge on any atom is -0.465 e. The van der Waals surface area contributed by atoms with Crippen molar-refractivity contribution in [2.75, 3.05) is 31.0 Å². The number of aromatic nitrogens is 2. The third kappa shape index (κ3) is 3.84. The molecule has 0 saturated carbocycles. The number of hydrazone groups is 1. The van der Waals surface area contributed by atoms with Crippen molar-refractivity contribution in [3.63, 3.8) is 0 Å². The van der Waals surface area contributed by atoms with E-state index in [1.807, 2.05) is 42.5 Å².